The molecule has 0 radical (unpaired) electrons. The smallest absolute Gasteiger partial charge is 0.232 e. The minimum Gasteiger partial charge on any atom is -0.391 e. The summed E-state index contributed by atoms with van der Waals surface area (Å²) in [7, 11) is -1.28. The lowest BCUT2D eigenvalue weighted by molar-refractivity contribution is -0.118. The Morgan fingerprint density at radius 2 is 2.24 bits per heavy atom. The molecule has 0 saturated heterocycles. The number of rotatable bonds is 9. The van der Waals surface area contributed by atoms with Gasteiger partial charge < -0.3 is 15.7 Å². The highest BCUT2D eigenvalue weighted by molar-refractivity contribution is 7.85. The summed E-state index contributed by atoms with van der Waals surface area (Å²) in [6.45, 7) is 3.31. The number of hydrogen-bond acceptors (Lipinski definition) is 4. The van der Waals surface area contributed by atoms with Crippen LogP contribution in [0.1, 0.15) is 26.2 Å². The highest BCUT2D eigenvalue weighted by Gasteiger charge is 2.24. The first kappa shape index (κ1) is 14.6. The molecule has 1 aliphatic rings. The minimum absolute atomic E-state index is 0.00133. The Hall–Kier alpha value is -0.460. The average Bonchev–Trinajstić information content (AvgIpc) is 3.01. The highest BCUT2D eigenvalue weighted by atomic mass is 32.2. The second-order valence-corrected chi connectivity index (χ2v) is 5.95. The van der Waals surface area contributed by atoms with E-state index in [1.807, 2.05) is 6.92 Å². The first-order valence-electron chi connectivity index (χ1n) is 6.15. The molecule has 0 aliphatic heterocycles. The zero-order chi connectivity index (χ0) is 12.7. The molecule has 1 saturated carbocycles. The van der Waals surface area contributed by atoms with Crippen LogP contribution in [0.5, 0.6) is 0 Å². The molecule has 17 heavy (non-hydrogen) atoms. The maximum atomic E-state index is 11.6. The van der Waals surface area contributed by atoms with Crippen LogP contribution in [0.15, 0.2) is 0 Å². The van der Waals surface area contributed by atoms with Crippen molar-refractivity contribution in [2.45, 2.75) is 38.3 Å². The normalized spacial score (nSPS) is 18.7. The second-order valence-electron chi connectivity index (χ2n) is 4.45. The molecule has 1 aliphatic carbocycles. The lowest BCUT2D eigenvalue weighted by Gasteiger charge is -2.11. The number of aliphatic hydroxyl groups excluding tert-OH is 1. The van der Waals surface area contributed by atoms with Gasteiger partial charge in [-0.2, -0.15) is 0 Å². The van der Waals surface area contributed by atoms with Gasteiger partial charge >= 0.3 is 0 Å². The standard InChI is InChI=1S/C11H22N2O3S/c1-2-5-12-6-10(14)7-17(16)8-11(15)13-9-3-4-9/h9-10,12,14H,2-8H2,1H3,(H,13,15). The summed E-state index contributed by atoms with van der Waals surface area (Å²) in [6.07, 6.45) is 2.42. The van der Waals surface area contributed by atoms with E-state index in [9.17, 15) is 14.1 Å². The van der Waals surface area contributed by atoms with Crippen LogP contribution in [0.2, 0.25) is 0 Å². The third kappa shape index (κ3) is 7.46. The topological polar surface area (TPSA) is 78.4 Å². The molecule has 6 heteroatoms. The summed E-state index contributed by atoms with van der Waals surface area (Å²) in [6, 6.07) is 0.302. The van der Waals surface area contributed by atoms with Crippen molar-refractivity contribution in [2.24, 2.45) is 0 Å². The molecular weight excluding hydrogens is 240 g/mol. The number of carbonyl (C=O) groups is 1. The molecule has 1 fully saturated rings. The number of nitrogens with one attached hydrogen (secondary N) is 2. The molecule has 1 amide bonds. The fourth-order valence-corrected chi connectivity index (χ4v) is 2.46. The van der Waals surface area contributed by atoms with Gasteiger partial charge in [-0.1, -0.05) is 6.92 Å². The molecule has 0 aromatic rings. The zero-order valence-corrected chi connectivity index (χ0v) is 11.1. The van der Waals surface area contributed by atoms with E-state index in [0.29, 0.717) is 12.6 Å². The van der Waals surface area contributed by atoms with Crippen LogP contribution in [0.4, 0.5) is 0 Å². The lowest BCUT2D eigenvalue weighted by atomic mass is 10.4. The quantitative estimate of drug-likeness (QED) is 0.484. The Kier molecular flexibility index (Phi) is 6.69. The van der Waals surface area contributed by atoms with E-state index in [1.54, 1.807) is 0 Å². The third-order valence-electron chi connectivity index (χ3n) is 2.42. The van der Waals surface area contributed by atoms with Crippen molar-refractivity contribution in [1.29, 1.82) is 0 Å². The summed E-state index contributed by atoms with van der Waals surface area (Å²) in [5, 5.41) is 15.4. The van der Waals surface area contributed by atoms with Gasteiger partial charge in [-0.25, -0.2) is 0 Å². The number of aliphatic hydroxyl groups is 1. The average molecular weight is 262 g/mol. The zero-order valence-electron chi connectivity index (χ0n) is 10.3. The van der Waals surface area contributed by atoms with Gasteiger partial charge in [0.2, 0.25) is 5.91 Å². The van der Waals surface area contributed by atoms with Crippen LogP contribution >= 0.6 is 0 Å². The predicted octanol–water partition coefficient (Wildman–Crippen LogP) is -0.626. The number of hydrogen-bond donors (Lipinski definition) is 3. The SMILES string of the molecule is CCCNCC(O)CS(=O)CC(=O)NC1CC1. The van der Waals surface area contributed by atoms with Gasteiger partial charge in [-0.05, 0) is 25.8 Å². The van der Waals surface area contributed by atoms with Gasteiger partial charge in [0.25, 0.3) is 0 Å². The summed E-state index contributed by atoms with van der Waals surface area (Å²) in [4.78, 5) is 11.3. The van der Waals surface area contributed by atoms with Gasteiger partial charge in [0.15, 0.2) is 0 Å². The van der Waals surface area contributed by atoms with Crippen molar-refractivity contribution < 1.29 is 14.1 Å². The van der Waals surface area contributed by atoms with E-state index in [-0.39, 0.29) is 17.4 Å². The summed E-state index contributed by atoms with van der Waals surface area (Å²) in [5.74, 6) is -0.00425. The molecule has 0 heterocycles. The van der Waals surface area contributed by atoms with E-state index in [0.717, 1.165) is 25.8 Å². The van der Waals surface area contributed by atoms with E-state index >= 15 is 0 Å². The summed E-state index contributed by atoms with van der Waals surface area (Å²) < 4.78 is 11.6. The van der Waals surface area contributed by atoms with Crippen LogP contribution in [0.25, 0.3) is 0 Å². The maximum absolute atomic E-state index is 11.6. The lowest BCUT2D eigenvalue weighted by Crippen LogP contribution is -2.35. The minimum atomic E-state index is -1.28. The summed E-state index contributed by atoms with van der Waals surface area (Å²) >= 11 is 0. The number of carbonyl (C=O) groups excluding carboxylic acids is 1. The monoisotopic (exact) mass is 262 g/mol. The molecular formula is C11H22N2O3S. The fraction of sp³-hybridized carbons (Fsp3) is 0.909. The van der Waals surface area contributed by atoms with E-state index < -0.39 is 16.9 Å². The molecule has 0 bridgehead atoms. The molecule has 5 nitrogen and oxygen atoms in total. The molecule has 2 atom stereocenters. The Morgan fingerprint density at radius 1 is 1.53 bits per heavy atom. The van der Waals surface area contributed by atoms with Crippen LogP contribution in [0, 0.1) is 0 Å². The van der Waals surface area contributed by atoms with Crippen molar-refractivity contribution in [3.05, 3.63) is 0 Å². The molecule has 0 aromatic heterocycles. The van der Waals surface area contributed by atoms with Gasteiger partial charge in [-0.15, -0.1) is 0 Å². The van der Waals surface area contributed by atoms with Gasteiger partial charge in [0.05, 0.1) is 11.9 Å². The van der Waals surface area contributed by atoms with Gasteiger partial charge in [0, 0.05) is 23.4 Å². The van der Waals surface area contributed by atoms with Crippen LogP contribution in [0.3, 0.4) is 0 Å². The van der Waals surface area contributed by atoms with Crippen LogP contribution in [-0.4, -0.2) is 52.0 Å². The second kappa shape index (κ2) is 7.79. The van der Waals surface area contributed by atoms with Crippen molar-refractivity contribution in [2.75, 3.05) is 24.6 Å². The molecule has 2 unspecified atom stereocenters. The fourth-order valence-electron chi connectivity index (χ4n) is 1.42. The van der Waals surface area contributed by atoms with Crippen molar-refractivity contribution in [3.63, 3.8) is 0 Å². The molecule has 0 spiro atoms. The molecule has 100 valence electrons. The molecule has 1 rings (SSSR count). The third-order valence-corrected chi connectivity index (χ3v) is 3.76. The molecule has 3 N–H and O–H groups in total. The Balaban J connectivity index is 2.07. The van der Waals surface area contributed by atoms with Gasteiger partial charge in [-0.3, -0.25) is 9.00 Å². The van der Waals surface area contributed by atoms with Crippen molar-refractivity contribution in [3.8, 4) is 0 Å². The first-order chi connectivity index (χ1) is 8.11. The van der Waals surface area contributed by atoms with Crippen LogP contribution < -0.4 is 10.6 Å². The van der Waals surface area contributed by atoms with Crippen LogP contribution in [-0.2, 0) is 15.6 Å². The molecule has 0 aromatic carbocycles. The summed E-state index contributed by atoms with van der Waals surface area (Å²) in [5.41, 5.74) is 0. The number of amides is 1. The Labute approximate surface area is 105 Å². The van der Waals surface area contributed by atoms with E-state index in [4.69, 9.17) is 0 Å². The largest absolute Gasteiger partial charge is 0.391 e. The van der Waals surface area contributed by atoms with Crippen molar-refractivity contribution in [1.82, 2.24) is 10.6 Å². The van der Waals surface area contributed by atoms with E-state index in [1.165, 1.54) is 0 Å². The van der Waals surface area contributed by atoms with Crippen molar-refractivity contribution >= 4 is 16.7 Å². The Bertz CT molecular complexity index is 269. The predicted molar refractivity (Wildman–Crippen MR) is 68.2 cm³/mol. The van der Waals surface area contributed by atoms with Gasteiger partial charge in [0.1, 0.15) is 5.75 Å². The highest BCUT2D eigenvalue weighted by Crippen LogP contribution is 2.18. The Morgan fingerprint density at radius 3 is 2.82 bits per heavy atom. The van der Waals surface area contributed by atoms with E-state index in [2.05, 4.69) is 10.6 Å². The maximum Gasteiger partial charge on any atom is 0.232 e. The first-order valence-corrected chi connectivity index (χ1v) is 7.63.